The van der Waals surface area contributed by atoms with Crippen LogP contribution in [0.15, 0.2) is 6.20 Å². The molecule has 5 heteroatoms. The molecule has 16 heavy (non-hydrogen) atoms. The van der Waals surface area contributed by atoms with E-state index in [0.29, 0.717) is 23.7 Å². The maximum Gasteiger partial charge on any atom is 0.210 e. The van der Waals surface area contributed by atoms with Crippen molar-refractivity contribution in [3.8, 4) is 0 Å². The van der Waals surface area contributed by atoms with Crippen molar-refractivity contribution in [2.45, 2.75) is 39.3 Å². The van der Waals surface area contributed by atoms with Crippen LogP contribution in [0.25, 0.3) is 0 Å². The second-order valence-corrected chi connectivity index (χ2v) is 3.97. The van der Waals surface area contributed by atoms with E-state index in [2.05, 4.69) is 5.10 Å². The molecule has 1 aromatic rings. The largest absolute Gasteiger partial charge is 0.373 e. The third kappa shape index (κ3) is 2.62. The minimum Gasteiger partial charge on any atom is -0.373 e. The van der Waals surface area contributed by atoms with E-state index in [9.17, 15) is 4.79 Å². The number of hydrogen-bond acceptors (Lipinski definition) is 3. The molecule has 1 heterocycles. The van der Waals surface area contributed by atoms with E-state index >= 15 is 0 Å². The Hall–Kier alpha value is -0.870. The fourth-order valence-corrected chi connectivity index (χ4v) is 1.83. The summed E-state index contributed by atoms with van der Waals surface area (Å²) in [6.07, 6.45) is 2.60. The summed E-state index contributed by atoms with van der Waals surface area (Å²) in [5.41, 5.74) is 0.456. The number of ketones is 1. The highest BCUT2D eigenvalue weighted by atomic mass is 35.5. The summed E-state index contributed by atoms with van der Waals surface area (Å²) in [6.45, 7) is 4.62. The molecule has 0 aliphatic rings. The number of nitrogens with zero attached hydrogens (tertiary/aromatic N) is 2. The molecule has 1 unspecified atom stereocenters. The van der Waals surface area contributed by atoms with Crippen molar-refractivity contribution >= 4 is 17.4 Å². The number of ether oxygens (including phenoxy) is 1. The number of halogens is 1. The number of hydrogen-bond donors (Lipinski definition) is 0. The average molecular weight is 245 g/mol. The third-order valence-corrected chi connectivity index (χ3v) is 2.69. The Morgan fingerprint density at radius 3 is 2.81 bits per heavy atom. The van der Waals surface area contributed by atoms with Crippen molar-refractivity contribution in [1.82, 2.24) is 9.78 Å². The van der Waals surface area contributed by atoms with Crippen molar-refractivity contribution in [1.29, 1.82) is 0 Å². The SMILES string of the molecule is CCCn1ncc(Cl)c1C(=O)C(CC)OC. The normalized spacial score (nSPS) is 12.8. The molecule has 1 rings (SSSR count). The van der Waals surface area contributed by atoms with Crippen LogP contribution in [0.2, 0.25) is 5.02 Å². The second kappa shape index (κ2) is 6.01. The van der Waals surface area contributed by atoms with Gasteiger partial charge in [-0.3, -0.25) is 9.48 Å². The molecule has 1 atom stereocenters. The summed E-state index contributed by atoms with van der Waals surface area (Å²) in [7, 11) is 1.53. The summed E-state index contributed by atoms with van der Waals surface area (Å²) in [6, 6.07) is 0. The van der Waals surface area contributed by atoms with Gasteiger partial charge in [0.15, 0.2) is 0 Å². The molecular formula is C11H17ClN2O2. The van der Waals surface area contributed by atoms with Gasteiger partial charge in [0, 0.05) is 13.7 Å². The summed E-state index contributed by atoms with van der Waals surface area (Å²) in [5.74, 6) is -0.0963. The van der Waals surface area contributed by atoms with Gasteiger partial charge in [0.25, 0.3) is 0 Å². The lowest BCUT2D eigenvalue weighted by atomic mass is 10.1. The van der Waals surface area contributed by atoms with E-state index in [0.717, 1.165) is 6.42 Å². The highest BCUT2D eigenvalue weighted by Crippen LogP contribution is 2.19. The molecule has 0 aliphatic carbocycles. The minimum atomic E-state index is -0.440. The van der Waals surface area contributed by atoms with Gasteiger partial charge in [-0.25, -0.2) is 0 Å². The van der Waals surface area contributed by atoms with Crippen LogP contribution in [-0.2, 0) is 11.3 Å². The van der Waals surface area contributed by atoms with Crippen LogP contribution in [0.4, 0.5) is 0 Å². The number of rotatable bonds is 6. The number of carbonyl (C=O) groups is 1. The maximum atomic E-state index is 12.1. The maximum absolute atomic E-state index is 12.1. The number of Topliss-reactive ketones (excluding diaryl/α,β-unsaturated/α-hetero) is 1. The smallest absolute Gasteiger partial charge is 0.210 e. The zero-order chi connectivity index (χ0) is 12.1. The van der Waals surface area contributed by atoms with Crippen molar-refractivity contribution in [3.63, 3.8) is 0 Å². The fraction of sp³-hybridized carbons (Fsp3) is 0.636. The van der Waals surface area contributed by atoms with E-state index in [1.54, 1.807) is 4.68 Å². The lowest BCUT2D eigenvalue weighted by Crippen LogP contribution is -2.25. The van der Waals surface area contributed by atoms with Gasteiger partial charge in [-0.15, -0.1) is 0 Å². The Morgan fingerprint density at radius 2 is 2.31 bits per heavy atom. The lowest BCUT2D eigenvalue weighted by molar-refractivity contribution is 0.0584. The Morgan fingerprint density at radius 1 is 1.62 bits per heavy atom. The molecule has 0 saturated carbocycles. The molecule has 0 bridgehead atoms. The zero-order valence-corrected chi connectivity index (χ0v) is 10.6. The predicted molar refractivity (Wildman–Crippen MR) is 62.9 cm³/mol. The Labute approximate surface area is 101 Å². The summed E-state index contributed by atoms with van der Waals surface area (Å²) in [4.78, 5) is 12.1. The quantitative estimate of drug-likeness (QED) is 0.723. The number of methoxy groups -OCH3 is 1. The van der Waals surface area contributed by atoms with E-state index in [1.807, 2.05) is 13.8 Å². The summed E-state index contributed by atoms with van der Waals surface area (Å²) >= 11 is 5.97. The highest BCUT2D eigenvalue weighted by Gasteiger charge is 2.24. The van der Waals surface area contributed by atoms with Crippen LogP contribution in [0.3, 0.4) is 0 Å². The first-order valence-electron chi connectivity index (χ1n) is 5.43. The van der Waals surface area contributed by atoms with E-state index in [1.165, 1.54) is 13.3 Å². The molecule has 4 nitrogen and oxygen atoms in total. The molecule has 0 aliphatic heterocycles. The van der Waals surface area contributed by atoms with Crippen molar-refractivity contribution in [2.24, 2.45) is 0 Å². The molecule has 1 aromatic heterocycles. The van der Waals surface area contributed by atoms with Gasteiger partial charge in [-0.2, -0.15) is 5.10 Å². The van der Waals surface area contributed by atoms with Crippen LogP contribution in [-0.4, -0.2) is 28.8 Å². The summed E-state index contributed by atoms with van der Waals surface area (Å²) < 4.78 is 6.77. The Balaban J connectivity index is 3.01. The Bertz CT molecular complexity index is 359. The highest BCUT2D eigenvalue weighted by molar-refractivity contribution is 6.33. The molecule has 0 saturated heterocycles. The number of carbonyl (C=O) groups excluding carboxylic acids is 1. The first-order valence-corrected chi connectivity index (χ1v) is 5.81. The van der Waals surface area contributed by atoms with Gasteiger partial charge >= 0.3 is 0 Å². The van der Waals surface area contributed by atoms with E-state index in [-0.39, 0.29) is 5.78 Å². The average Bonchev–Trinajstić information content (AvgIpc) is 2.62. The molecule has 0 fully saturated rings. The molecule has 0 aromatic carbocycles. The summed E-state index contributed by atoms with van der Waals surface area (Å²) in [5, 5.41) is 4.48. The third-order valence-electron chi connectivity index (χ3n) is 2.41. The topological polar surface area (TPSA) is 44.1 Å². The van der Waals surface area contributed by atoms with Gasteiger partial charge in [0.05, 0.1) is 11.2 Å². The molecule has 0 amide bonds. The zero-order valence-electron chi connectivity index (χ0n) is 9.86. The van der Waals surface area contributed by atoms with E-state index in [4.69, 9.17) is 16.3 Å². The number of aryl methyl sites for hydroxylation is 1. The standard InChI is InChI=1S/C11H17ClN2O2/c1-4-6-14-10(8(12)7-13-14)11(15)9(5-2)16-3/h7,9H,4-6H2,1-3H3. The van der Waals surface area contributed by atoms with Crippen LogP contribution < -0.4 is 0 Å². The van der Waals surface area contributed by atoms with Crippen LogP contribution >= 0.6 is 11.6 Å². The monoisotopic (exact) mass is 244 g/mol. The molecule has 90 valence electrons. The first kappa shape index (κ1) is 13.2. The van der Waals surface area contributed by atoms with Crippen LogP contribution in [0.5, 0.6) is 0 Å². The minimum absolute atomic E-state index is 0.0963. The van der Waals surface area contributed by atoms with Gasteiger partial charge in [-0.1, -0.05) is 25.4 Å². The van der Waals surface area contributed by atoms with Crippen LogP contribution in [0.1, 0.15) is 37.2 Å². The van der Waals surface area contributed by atoms with Crippen LogP contribution in [0, 0.1) is 0 Å². The van der Waals surface area contributed by atoms with Gasteiger partial charge in [0.2, 0.25) is 5.78 Å². The Kier molecular flexibility index (Phi) is 4.96. The second-order valence-electron chi connectivity index (χ2n) is 3.56. The van der Waals surface area contributed by atoms with Crippen molar-refractivity contribution in [3.05, 3.63) is 16.9 Å². The molecular weight excluding hydrogens is 228 g/mol. The first-order chi connectivity index (χ1) is 7.65. The molecule has 0 radical (unpaired) electrons. The lowest BCUT2D eigenvalue weighted by Gasteiger charge is -2.13. The molecule has 0 N–H and O–H groups in total. The van der Waals surface area contributed by atoms with Crippen molar-refractivity contribution in [2.75, 3.05) is 7.11 Å². The predicted octanol–water partition coefficient (Wildman–Crippen LogP) is 2.55. The van der Waals surface area contributed by atoms with Gasteiger partial charge in [0.1, 0.15) is 11.8 Å². The van der Waals surface area contributed by atoms with Gasteiger partial charge in [-0.05, 0) is 12.8 Å². The molecule has 0 spiro atoms. The number of aromatic nitrogens is 2. The van der Waals surface area contributed by atoms with Crippen molar-refractivity contribution < 1.29 is 9.53 Å². The fourth-order valence-electron chi connectivity index (χ4n) is 1.60. The van der Waals surface area contributed by atoms with E-state index < -0.39 is 6.10 Å². The van der Waals surface area contributed by atoms with Gasteiger partial charge < -0.3 is 4.74 Å².